The summed E-state index contributed by atoms with van der Waals surface area (Å²) in [4.78, 5) is 12.4. The Morgan fingerprint density at radius 3 is 2.59 bits per heavy atom. The molecule has 0 aromatic heterocycles. The van der Waals surface area contributed by atoms with Gasteiger partial charge in [0.1, 0.15) is 11.4 Å². The van der Waals surface area contributed by atoms with Crippen LogP contribution in [0, 0.1) is 0 Å². The molecule has 1 heterocycles. The first kappa shape index (κ1) is 18.7. The molecule has 0 atom stereocenters. The second kappa shape index (κ2) is 8.98. The largest absolute Gasteiger partial charge is 0.496 e. The summed E-state index contributed by atoms with van der Waals surface area (Å²) in [5.74, 6) is 0.844. The molecule has 1 saturated heterocycles. The van der Waals surface area contributed by atoms with Crippen molar-refractivity contribution < 1.29 is 14.3 Å². The number of ether oxygens (including phenoxy) is 2. The number of para-hydroxylation sites is 1. The van der Waals surface area contributed by atoms with Gasteiger partial charge >= 0.3 is 0 Å². The number of carbonyl (C=O) groups is 1. The maximum absolute atomic E-state index is 12.4. The smallest absolute Gasteiger partial charge is 0.252 e. The number of piperidine rings is 1. The quantitative estimate of drug-likeness (QED) is 0.831. The maximum atomic E-state index is 12.4. The van der Waals surface area contributed by atoms with E-state index in [1.807, 2.05) is 24.3 Å². The Balaban J connectivity index is 0.00000242. The highest BCUT2D eigenvalue weighted by molar-refractivity contribution is 5.85. The molecule has 1 aromatic rings. The lowest BCUT2D eigenvalue weighted by molar-refractivity contribution is -0.146. The summed E-state index contributed by atoms with van der Waals surface area (Å²) < 4.78 is 10.8. The summed E-state index contributed by atoms with van der Waals surface area (Å²) in [5, 5.41) is 6.25. The highest BCUT2D eigenvalue weighted by Gasteiger charge is 2.39. The van der Waals surface area contributed by atoms with Crippen LogP contribution in [0.3, 0.4) is 0 Å². The van der Waals surface area contributed by atoms with E-state index in [1.165, 1.54) is 0 Å². The average molecular weight is 329 g/mol. The van der Waals surface area contributed by atoms with Gasteiger partial charge in [0.25, 0.3) is 5.91 Å². The van der Waals surface area contributed by atoms with Crippen molar-refractivity contribution in [2.24, 2.45) is 0 Å². The van der Waals surface area contributed by atoms with E-state index in [1.54, 1.807) is 14.2 Å². The molecule has 124 valence electrons. The summed E-state index contributed by atoms with van der Waals surface area (Å²) in [6.45, 7) is 2.21. The number of nitrogens with one attached hydrogen (secondary N) is 2. The number of hydrogen-bond acceptors (Lipinski definition) is 4. The molecule has 22 heavy (non-hydrogen) atoms. The Bertz CT molecular complexity index is 476. The molecule has 1 fully saturated rings. The van der Waals surface area contributed by atoms with Gasteiger partial charge in [-0.05, 0) is 44.0 Å². The molecule has 2 rings (SSSR count). The van der Waals surface area contributed by atoms with Crippen LogP contribution in [0.15, 0.2) is 24.3 Å². The van der Waals surface area contributed by atoms with E-state index < -0.39 is 5.60 Å². The first-order valence-corrected chi connectivity index (χ1v) is 7.38. The van der Waals surface area contributed by atoms with Crippen LogP contribution in [0.2, 0.25) is 0 Å². The van der Waals surface area contributed by atoms with Gasteiger partial charge in [-0.1, -0.05) is 18.2 Å². The molecule has 1 aliphatic rings. The van der Waals surface area contributed by atoms with Gasteiger partial charge in [-0.15, -0.1) is 12.4 Å². The van der Waals surface area contributed by atoms with Gasteiger partial charge in [0.2, 0.25) is 0 Å². The Morgan fingerprint density at radius 2 is 1.95 bits per heavy atom. The van der Waals surface area contributed by atoms with Gasteiger partial charge < -0.3 is 20.1 Å². The van der Waals surface area contributed by atoms with E-state index >= 15 is 0 Å². The highest BCUT2D eigenvalue weighted by Crippen LogP contribution is 2.23. The van der Waals surface area contributed by atoms with Crippen molar-refractivity contribution in [3.63, 3.8) is 0 Å². The standard InChI is InChI=1S/C16H24N2O3.ClH/c1-20-14-6-4-3-5-13(14)7-10-18-15(19)16(21-2)8-11-17-12-9-16;/h3-6,17H,7-12H2,1-2H3,(H,18,19);1H. The third-order valence-corrected chi connectivity index (χ3v) is 4.09. The fourth-order valence-electron chi connectivity index (χ4n) is 2.74. The van der Waals surface area contributed by atoms with Crippen LogP contribution >= 0.6 is 12.4 Å². The minimum absolute atomic E-state index is 0. The van der Waals surface area contributed by atoms with Gasteiger partial charge in [-0.2, -0.15) is 0 Å². The molecule has 1 amide bonds. The van der Waals surface area contributed by atoms with Crippen LogP contribution in [-0.4, -0.2) is 45.4 Å². The third kappa shape index (κ3) is 4.35. The Hall–Kier alpha value is -1.30. The van der Waals surface area contributed by atoms with Gasteiger partial charge in [-0.3, -0.25) is 4.79 Å². The van der Waals surface area contributed by atoms with Crippen LogP contribution in [-0.2, 0) is 16.0 Å². The molecular formula is C16H25ClN2O3. The van der Waals surface area contributed by atoms with Crippen LogP contribution in [0.5, 0.6) is 5.75 Å². The molecule has 0 spiro atoms. The number of carbonyl (C=O) groups excluding carboxylic acids is 1. The van der Waals surface area contributed by atoms with E-state index in [0.717, 1.165) is 30.8 Å². The molecule has 6 heteroatoms. The number of halogens is 1. The summed E-state index contributed by atoms with van der Waals surface area (Å²) in [6.07, 6.45) is 2.17. The van der Waals surface area contributed by atoms with E-state index in [0.29, 0.717) is 19.4 Å². The predicted molar refractivity (Wildman–Crippen MR) is 88.8 cm³/mol. The number of amides is 1. The predicted octanol–water partition coefficient (Wildman–Crippen LogP) is 1.54. The minimum atomic E-state index is -0.675. The lowest BCUT2D eigenvalue weighted by Gasteiger charge is -2.34. The number of methoxy groups -OCH3 is 2. The van der Waals surface area contributed by atoms with Crippen molar-refractivity contribution >= 4 is 18.3 Å². The lowest BCUT2D eigenvalue weighted by atomic mass is 9.91. The second-order valence-electron chi connectivity index (χ2n) is 5.27. The van der Waals surface area contributed by atoms with Gasteiger partial charge in [0.05, 0.1) is 7.11 Å². The molecule has 0 saturated carbocycles. The fraction of sp³-hybridized carbons (Fsp3) is 0.562. The summed E-state index contributed by atoms with van der Waals surface area (Å²) >= 11 is 0. The molecule has 1 aromatic carbocycles. The minimum Gasteiger partial charge on any atom is -0.496 e. The molecule has 2 N–H and O–H groups in total. The SMILES string of the molecule is COc1ccccc1CCNC(=O)C1(OC)CCNCC1.Cl. The van der Waals surface area contributed by atoms with Crippen LogP contribution in [0.25, 0.3) is 0 Å². The zero-order valence-corrected chi connectivity index (χ0v) is 14.0. The van der Waals surface area contributed by atoms with Crippen molar-refractivity contribution in [2.45, 2.75) is 24.9 Å². The van der Waals surface area contributed by atoms with E-state index in [-0.39, 0.29) is 18.3 Å². The van der Waals surface area contributed by atoms with Crippen molar-refractivity contribution in [1.82, 2.24) is 10.6 Å². The molecule has 0 aliphatic carbocycles. The maximum Gasteiger partial charge on any atom is 0.252 e. The Kier molecular flexibility index (Phi) is 7.65. The van der Waals surface area contributed by atoms with Crippen molar-refractivity contribution in [1.29, 1.82) is 0 Å². The van der Waals surface area contributed by atoms with Crippen molar-refractivity contribution in [3.05, 3.63) is 29.8 Å². The molecule has 5 nitrogen and oxygen atoms in total. The molecule has 1 aliphatic heterocycles. The van der Waals surface area contributed by atoms with Gasteiger partial charge in [0.15, 0.2) is 0 Å². The van der Waals surface area contributed by atoms with Gasteiger partial charge in [-0.25, -0.2) is 0 Å². The summed E-state index contributed by atoms with van der Waals surface area (Å²) in [5.41, 5.74) is 0.420. The number of benzene rings is 1. The van der Waals surface area contributed by atoms with E-state index in [2.05, 4.69) is 10.6 Å². The topological polar surface area (TPSA) is 59.6 Å². The molecule has 0 radical (unpaired) electrons. The fourth-order valence-corrected chi connectivity index (χ4v) is 2.74. The van der Waals surface area contributed by atoms with Crippen molar-refractivity contribution in [3.8, 4) is 5.75 Å². The first-order chi connectivity index (χ1) is 10.2. The molecule has 0 bridgehead atoms. The monoisotopic (exact) mass is 328 g/mol. The van der Waals surface area contributed by atoms with E-state index in [9.17, 15) is 4.79 Å². The molecular weight excluding hydrogens is 304 g/mol. The first-order valence-electron chi connectivity index (χ1n) is 7.38. The van der Waals surface area contributed by atoms with Crippen LogP contribution in [0.4, 0.5) is 0 Å². The number of hydrogen-bond donors (Lipinski definition) is 2. The van der Waals surface area contributed by atoms with Crippen LogP contribution in [0.1, 0.15) is 18.4 Å². The summed E-state index contributed by atoms with van der Waals surface area (Å²) in [6, 6.07) is 7.86. The summed E-state index contributed by atoms with van der Waals surface area (Å²) in [7, 11) is 3.28. The number of rotatable bonds is 6. The Morgan fingerprint density at radius 1 is 1.27 bits per heavy atom. The second-order valence-corrected chi connectivity index (χ2v) is 5.27. The van der Waals surface area contributed by atoms with E-state index in [4.69, 9.17) is 9.47 Å². The van der Waals surface area contributed by atoms with Crippen LogP contribution < -0.4 is 15.4 Å². The normalized spacial score (nSPS) is 16.5. The molecule has 0 unspecified atom stereocenters. The lowest BCUT2D eigenvalue weighted by Crippen LogP contribution is -2.54. The average Bonchev–Trinajstić information content (AvgIpc) is 2.55. The third-order valence-electron chi connectivity index (χ3n) is 4.09. The highest BCUT2D eigenvalue weighted by atomic mass is 35.5. The van der Waals surface area contributed by atoms with Crippen molar-refractivity contribution in [2.75, 3.05) is 33.9 Å². The zero-order valence-electron chi connectivity index (χ0n) is 13.2. The zero-order chi connectivity index (χ0) is 15.1. The Labute approximate surface area is 138 Å². The van der Waals surface area contributed by atoms with Gasteiger partial charge in [0, 0.05) is 13.7 Å².